The standard InChI is InChI=1S/C21H15Cl2N3O5/c1-12-8-13(6-7-31-15-4-2-14(3-5-15)26(29)30)21(11-25)19(28)17(23)16(22)18(27)20(21,9-12)10-24/h2-5,8,13H,6-7,9H2,1H3/t13-,20+,21+/m1/s1. The highest BCUT2D eigenvalue weighted by Crippen LogP contribution is 2.59. The van der Waals surface area contributed by atoms with Gasteiger partial charge in [-0.2, -0.15) is 10.5 Å². The molecule has 1 aromatic rings. The molecule has 31 heavy (non-hydrogen) atoms. The highest BCUT2D eigenvalue weighted by Gasteiger charge is 2.70. The van der Waals surface area contributed by atoms with E-state index < -0.39 is 43.3 Å². The number of non-ortho nitro benzene ring substituents is 1. The van der Waals surface area contributed by atoms with Crippen molar-refractivity contribution in [3.05, 3.63) is 56.1 Å². The minimum absolute atomic E-state index is 0.0216. The van der Waals surface area contributed by atoms with Crippen molar-refractivity contribution >= 4 is 40.5 Å². The maximum Gasteiger partial charge on any atom is 0.269 e. The summed E-state index contributed by atoms with van der Waals surface area (Å²) in [6.07, 6.45) is 1.69. The molecule has 0 fully saturated rings. The molecule has 3 rings (SSSR count). The summed E-state index contributed by atoms with van der Waals surface area (Å²) in [5.41, 5.74) is -3.45. The van der Waals surface area contributed by atoms with Crippen LogP contribution in [0.5, 0.6) is 5.75 Å². The summed E-state index contributed by atoms with van der Waals surface area (Å²) < 4.78 is 5.61. The van der Waals surface area contributed by atoms with Gasteiger partial charge in [-0.3, -0.25) is 19.7 Å². The van der Waals surface area contributed by atoms with Crippen LogP contribution in [0.25, 0.3) is 0 Å². The number of ether oxygens (including phenoxy) is 1. The summed E-state index contributed by atoms with van der Waals surface area (Å²) in [6, 6.07) is 9.27. The Balaban J connectivity index is 1.94. The molecule has 2 aliphatic rings. The second kappa shape index (κ2) is 8.14. The number of hydrogen-bond donors (Lipinski definition) is 0. The molecule has 0 N–H and O–H groups in total. The van der Waals surface area contributed by atoms with Crippen LogP contribution in [-0.2, 0) is 9.59 Å². The summed E-state index contributed by atoms with van der Waals surface area (Å²) in [4.78, 5) is 36.4. The van der Waals surface area contributed by atoms with Crippen LogP contribution in [0.2, 0.25) is 0 Å². The molecular weight excluding hydrogens is 445 g/mol. The summed E-state index contributed by atoms with van der Waals surface area (Å²) in [5.74, 6) is -2.17. The SMILES string of the molecule is CC1=C[C@@H](CCOc2ccc([N+](=O)[O-])cc2)[C@@]2(C#N)C(=O)C(Cl)=C(Cl)C(=O)[C@@]2(C#N)C1. The van der Waals surface area contributed by atoms with Gasteiger partial charge in [-0.25, -0.2) is 0 Å². The number of nitro benzene ring substituents is 1. The fourth-order valence-electron chi connectivity index (χ4n) is 4.26. The average Bonchev–Trinajstić information content (AvgIpc) is 2.76. The minimum atomic E-state index is -2.04. The zero-order chi connectivity index (χ0) is 23.0. The van der Waals surface area contributed by atoms with Gasteiger partial charge in [-0.05, 0) is 31.9 Å². The lowest BCUT2D eigenvalue weighted by atomic mass is 9.48. The lowest BCUT2D eigenvalue weighted by Crippen LogP contribution is -2.59. The first-order chi connectivity index (χ1) is 14.6. The number of halogens is 2. The molecular formula is C21H15Cl2N3O5. The lowest BCUT2D eigenvalue weighted by molar-refractivity contribution is -0.384. The number of rotatable bonds is 5. The molecule has 0 radical (unpaired) electrons. The molecule has 0 unspecified atom stereocenters. The molecule has 0 bridgehead atoms. The van der Waals surface area contributed by atoms with Crippen LogP contribution in [0.15, 0.2) is 46.0 Å². The van der Waals surface area contributed by atoms with Crippen LogP contribution < -0.4 is 4.74 Å². The average molecular weight is 460 g/mol. The number of nitrogens with zero attached hydrogens (tertiary/aromatic N) is 3. The van der Waals surface area contributed by atoms with E-state index in [4.69, 9.17) is 27.9 Å². The molecule has 0 aromatic heterocycles. The predicted molar refractivity (Wildman–Crippen MR) is 110 cm³/mol. The van der Waals surface area contributed by atoms with Gasteiger partial charge in [0.05, 0.1) is 23.7 Å². The molecule has 0 saturated carbocycles. The van der Waals surface area contributed by atoms with E-state index in [0.29, 0.717) is 11.3 Å². The van der Waals surface area contributed by atoms with Crippen LogP contribution in [0.4, 0.5) is 5.69 Å². The van der Waals surface area contributed by atoms with Crippen LogP contribution >= 0.6 is 23.2 Å². The van der Waals surface area contributed by atoms with Gasteiger partial charge in [0.15, 0.2) is 22.4 Å². The van der Waals surface area contributed by atoms with E-state index in [1.54, 1.807) is 13.0 Å². The second-order valence-corrected chi connectivity index (χ2v) is 8.16. The quantitative estimate of drug-likeness (QED) is 0.365. The molecule has 1 aromatic carbocycles. The Morgan fingerprint density at radius 3 is 2.32 bits per heavy atom. The fourth-order valence-corrected chi connectivity index (χ4v) is 4.74. The minimum Gasteiger partial charge on any atom is -0.494 e. The highest BCUT2D eigenvalue weighted by molar-refractivity contribution is 6.57. The van der Waals surface area contributed by atoms with Gasteiger partial charge in [0, 0.05) is 18.1 Å². The van der Waals surface area contributed by atoms with Crippen molar-refractivity contribution < 1.29 is 19.2 Å². The Labute approximate surface area is 187 Å². The van der Waals surface area contributed by atoms with Crippen LogP contribution in [0.1, 0.15) is 19.8 Å². The first-order valence-electron chi connectivity index (χ1n) is 9.16. The Morgan fingerprint density at radius 1 is 1.16 bits per heavy atom. The van der Waals surface area contributed by atoms with E-state index in [9.17, 15) is 30.2 Å². The third-order valence-corrected chi connectivity index (χ3v) is 6.53. The van der Waals surface area contributed by atoms with Crippen LogP contribution in [-0.4, -0.2) is 23.1 Å². The van der Waals surface area contributed by atoms with Crippen molar-refractivity contribution in [3.8, 4) is 17.9 Å². The first-order valence-corrected chi connectivity index (χ1v) is 9.92. The Hall–Kier alpha value is -3.20. The molecule has 10 heteroatoms. The van der Waals surface area contributed by atoms with Crippen molar-refractivity contribution in [3.63, 3.8) is 0 Å². The fraction of sp³-hybridized carbons (Fsp3) is 0.333. The molecule has 0 heterocycles. The zero-order valence-corrected chi connectivity index (χ0v) is 17.7. The van der Waals surface area contributed by atoms with E-state index in [0.717, 1.165) is 0 Å². The number of nitro groups is 1. The second-order valence-electron chi connectivity index (χ2n) is 7.41. The summed E-state index contributed by atoms with van der Waals surface area (Å²) in [7, 11) is 0. The smallest absolute Gasteiger partial charge is 0.269 e. The molecule has 3 atom stereocenters. The number of fused-ring (bicyclic) bond motifs is 1. The number of benzene rings is 1. The number of ketones is 2. The Morgan fingerprint density at radius 2 is 1.77 bits per heavy atom. The molecule has 2 aliphatic carbocycles. The van der Waals surface area contributed by atoms with Crippen LogP contribution in [0, 0.1) is 49.5 Å². The third kappa shape index (κ3) is 3.29. The van der Waals surface area contributed by atoms with Crippen molar-refractivity contribution in [1.29, 1.82) is 10.5 Å². The molecule has 0 aliphatic heterocycles. The maximum atomic E-state index is 13.2. The number of carbonyl (C=O) groups is 2. The van der Waals surface area contributed by atoms with E-state index in [1.165, 1.54) is 24.3 Å². The number of allylic oxidation sites excluding steroid dienone is 4. The van der Waals surface area contributed by atoms with Gasteiger partial charge in [0.1, 0.15) is 15.8 Å². The van der Waals surface area contributed by atoms with Crippen LogP contribution in [0.3, 0.4) is 0 Å². The Bertz CT molecular complexity index is 1130. The van der Waals surface area contributed by atoms with Crippen molar-refractivity contribution in [2.24, 2.45) is 16.7 Å². The van der Waals surface area contributed by atoms with E-state index >= 15 is 0 Å². The van der Waals surface area contributed by atoms with Gasteiger partial charge in [-0.15, -0.1) is 0 Å². The summed E-state index contributed by atoms with van der Waals surface area (Å²) >= 11 is 12.0. The Kier molecular flexibility index (Phi) is 5.91. The van der Waals surface area contributed by atoms with Gasteiger partial charge in [0.2, 0.25) is 0 Å². The van der Waals surface area contributed by atoms with Gasteiger partial charge < -0.3 is 4.74 Å². The van der Waals surface area contributed by atoms with Gasteiger partial charge in [-0.1, -0.05) is 34.9 Å². The normalized spacial score (nSPS) is 27.6. The third-order valence-electron chi connectivity index (χ3n) is 5.71. The molecule has 0 saturated heterocycles. The maximum absolute atomic E-state index is 13.2. The molecule has 0 amide bonds. The molecule has 0 spiro atoms. The highest BCUT2D eigenvalue weighted by atomic mass is 35.5. The molecule has 8 nitrogen and oxygen atoms in total. The van der Waals surface area contributed by atoms with E-state index in [-0.39, 0.29) is 25.1 Å². The van der Waals surface area contributed by atoms with E-state index in [1.807, 2.05) is 12.1 Å². The topological polar surface area (TPSA) is 134 Å². The monoisotopic (exact) mass is 459 g/mol. The number of hydrogen-bond acceptors (Lipinski definition) is 7. The number of carbonyl (C=O) groups excluding carboxylic acids is 2. The first kappa shape index (κ1) is 22.5. The predicted octanol–water partition coefficient (Wildman–Crippen LogP) is 4.19. The van der Waals surface area contributed by atoms with Crippen molar-refractivity contribution in [2.75, 3.05) is 6.61 Å². The lowest BCUT2D eigenvalue weighted by Gasteiger charge is -2.48. The number of nitriles is 2. The van der Waals surface area contributed by atoms with Gasteiger partial charge >= 0.3 is 0 Å². The van der Waals surface area contributed by atoms with Gasteiger partial charge in [0.25, 0.3) is 5.69 Å². The largest absolute Gasteiger partial charge is 0.494 e. The van der Waals surface area contributed by atoms with Crippen molar-refractivity contribution in [2.45, 2.75) is 19.8 Å². The summed E-state index contributed by atoms with van der Waals surface area (Å²) in [5, 5.41) is 29.7. The zero-order valence-electron chi connectivity index (χ0n) is 16.2. The molecule has 158 valence electrons. The van der Waals surface area contributed by atoms with Crippen molar-refractivity contribution in [1.82, 2.24) is 0 Å². The van der Waals surface area contributed by atoms with E-state index in [2.05, 4.69) is 0 Å². The number of Topliss-reactive ketones (excluding diaryl/α,β-unsaturated/α-hetero) is 2. The summed E-state index contributed by atoms with van der Waals surface area (Å²) in [6.45, 7) is 1.73.